The first-order chi connectivity index (χ1) is 10.2. The molecule has 2 aromatic rings. The van der Waals surface area contributed by atoms with E-state index in [0.29, 0.717) is 23.7 Å². The summed E-state index contributed by atoms with van der Waals surface area (Å²) in [5.41, 5.74) is 2.51. The molecule has 1 aliphatic heterocycles. The molecule has 1 unspecified atom stereocenters. The predicted molar refractivity (Wildman–Crippen MR) is 80.4 cm³/mol. The topological polar surface area (TPSA) is 34.1 Å². The lowest BCUT2D eigenvalue weighted by molar-refractivity contribution is 0.351. The van der Waals surface area contributed by atoms with Crippen LogP contribution in [0.4, 0.5) is 4.39 Å². The molecule has 3 rings (SSSR count). The number of rotatable bonds is 4. The van der Waals surface area contributed by atoms with E-state index in [1.54, 1.807) is 19.3 Å². The van der Waals surface area contributed by atoms with Crippen LogP contribution in [0.25, 0.3) is 0 Å². The summed E-state index contributed by atoms with van der Waals surface area (Å²) in [7, 11) is 1.80. The van der Waals surface area contributed by atoms with Gasteiger partial charge in [0, 0.05) is 17.6 Å². The fourth-order valence-electron chi connectivity index (χ4n) is 2.71. The molecule has 1 aliphatic rings. The summed E-state index contributed by atoms with van der Waals surface area (Å²) in [6.45, 7) is 0.671. The second kappa shape index (κ2) is 6.00. The van der Waals surface area contributed by atoms with Crippen molar-refractivity contribution in [3.8, 4) is 5.75 Å². The molecular formula is C16H16ClFN2O. The molecule has 110 valence electrons. The van der Waals surface area contributed by atoms with Crippen LogP contribution in [0.2, 0.25) is 5.02 Å². The molecule has 0 saturated heterocycles. The van der Waals surface area contributed by atoms with Crippen molar-refractivity contribution in [2.24, 2.45) is 0 Å². The molecule has 0 spiro atoms. The molecule has 0 radical (unpaired) electrons. The van der Waals surface area contributed by atoms with E-state index in [0.717, 1.165) is 23.3 Å². The van der Waals surface area contributed by atoms with Crippen molar-refractivity contribution in [2.75, 3.05) is 13.7 Å². The van der Waals surface area contributed by atoms with Crippen LogP contribution in [0, 0.1) is 5.82 Å². The maximum absolute atomic E-state index is 13.9. The number of nitrogens with one attached hydrogen (secondary N) is 1. The number of aromatic nitrogens is 1. The van der Waals surface area contributed by atoms with Crippen molar-refractivity contribution < 1.29 is 9.13 Å². The van der Waals surface area contributed by atoms with Gasteiger partial charge in [0.2, 0.25) is 0 Å². The summed E-state index contributed by atoms with van der Waals surface area (Å²) >= 11 is 6.17. The zero-order chi connectivity index (χ0) is 14.8. The second-order valence-electron chi connectivity index (χ2n) is 5.07. The van der Waals surface area contributed by atoms with E-state index in [-0.39, 0.29) is 11.9 Å². The molecule has 3 nitrogen and oxygen atoms in total. The van der Waals surface area contributed by atoms with Crippen LogP contribution in [0.1, 0.15) is 22.9 Å². The largest absolute Gasteiger partial charge is 0.493 e. The van der Waals surface area contributed by atoms with Gasteiger partial charge >= 0.3 is 0 Å². The van der Waals surface area contributed by atoms with Crippen LogP contribution >= 0.6 is 11.6 Å². The fraction of sp³-hybridized carbons (Fsp3) is 0.312. The Labute approximate surface area is 128 Å². The van der Waals surface area contributed by atoms with E-state index in [4.69, 9.17) is 16.3 Å². The lowest BCUT2D eigenvalue weighted by atomic mass is 9.99. The Hall–Kier alpha value is -1.65. The molecular weight excluding hydrogens is 291 g/mol. The molecule has 21 heavy (non-hydrogen) atoms. The average molecular weight is 307 g/mol. The van der Waals surface area contributed by atoms with Gasteiger partial charge in [0.25, 0.3) is 0 Å². The fourth-order valence-corrected chi connectivity index (χ4v) is 2.97. The number of pyridine rings is 1. The van der Waals surface area contributed by atoms with Crippen molar-refractivity contribution in [3.63, 3.8) is 0 Å². The molecule has 1 aromatic heterocycles. The first kappa shape index (κ1) is 14.3. The SMILES string of the molecule is CNC(Cc1cc(Cl)cc2c1OCC2)c1ncccc1F. The zero-order valence-electron chi connectivity index (χ0n) is 11.7. The van der Waals surface area contributed by atoms with E-state index < -0.39 is 0 Å². The Morgan fingerprint density at radius 3 is 3.10 bits per heavy atom. The van der Waals surface area contributed by atoms with Crippen molar-refractivity contribution in [3.05, 3.63) is 58.1 Å². The minimum atomic E-state index is -0.309. The summed E-state index contributed by atoms with van der Waals surface area (Å²) in [4.78, 5) is 4.15. The van der Waals surface area contributed by atoms with Crippen LogP contribution in [0.5, 0.6) is 5.75 Å². The third-order valence-corrected chi connectivity index (χ3v) is 3.93. The summed E-state index contributed by atoms with van der Waals surface area (Å²) in [5, 5.41) is 3.80. The number of hydrogen-bond acceptors (Lipinski definition) is 3. The maximum Gasteiger partial charge on any atom is 0.146 e. The second-order valence-corrected chi connectivity index (χ2v) is 5.50. The van der Waals surface area contributed by atoms with Crippen molar-refractivity contribution in [1.82, 2.24) is 10.3 Å². The number of ether oxygens (including phenoxy) is 1. The van der Waals surface area contributed by atoms with Gasteiger partial charge in [0.1, 0.15) is 11.6 Å². The molecule has 0 saturated carbocycles. The lowest BCUT2D eigenvalue weighted by Crippen LogP contribution is -2.21. The lowest BCUT2D eigenvalue weighted by Gasteiger charge is -2.18. The van der Waals surface area contributed by atoms with Gasteiger partial charge in [-0.2, -0.15) is 0 Å². The van der Waals surface area contributed by atoms with Crippen LogP contribution in [-0.2, 0) is 12.8 Å². The van der Waals surface area contributed by atoms with Gasteiger partial charge in [-0.05, 0) is 48.9 Å². The molecule has 0 fully saturated rings. The Morgan fingerprint density at radius 1 is 1.48 bits per heavy atom. The van der Waals surface area contributed by atoms with Gasteiger partial charge in [-0.3, -0.25) is 4.98 Å². The van der Waals surface area contributed by atoms with Gasteiger partial charge in [0.15, 0.2) is 0 Å². The number of benzene rings is 1. The molecule has 5 heteroatoms. The monoisotopic (exact) mass is 306 g/mol. The third-order valence-electron chi connectivity index (χ3n) is 3.71. The first-order valence-corrected chi connectivity index (χ1v) is 7.28. The summed E-state index contributed by atoms with van der Waals surface area (Å²) in [6, 6.07) is 6.61. The normalized spacial score (nSPS) is 14.6. The highest BCUT2D eigenvalue weighted by atomic mass is 35.5. The summed E-state index contributed by atoms with van der Waals surface area (Å²) in [5.74, 6) is 0.576. The molecule has 0 aliphatic carbocycles. The van der Waals surface area contributed by atoms with Gasteiger partial charge in [-0.25, -0.2) is 4.39 Å². The smallest absolute Gasteiger partial charge is 0.146 e. The van der Waals surface area contributed by atoms with Crippen LogP contribution in [0.15, 0.2) is 30.5 Å². The molecule has 1 N–H and O–H groups in total. The molecule has 1 aromatic carbocycles. The van der Waals surface area contributed by atoms with Crippen LogP contribution in [-0.4, -0.2) is 18.6 Å². The zero-order valence-corrected chi connectivity index (χ0v) is 12.5. The number of fused-ring (bicyclic) bond motifs is 1. The molecule has 0 amide bonds. The van der Waals surface area contributed by atoms with Crippen molar-refractivity contribution in [1.29, 1.82) is 0 Å². The minimum Gasteiger partial charge on any atom is -0.493 e. The average Bonchev–Trinajstić information content (AvgIpc) is 2.93. The molecule has 2 heterocycles. The van der Waals surface area contributed by atoms with Crippen LogP contribution < -0.4 is 10.1 Å². The van der Waals surface area contributed by atoms with Gasteiger partial charge < -0.3 is 10.1 Å². The molecule has 1 atom stereocenters. The molecule has 0 bridgehead atoms. The number of halogens is 2. The Kier molecular flexibility index (Phi) is 4.08. The van der Waals surface area contributed by atoms with E-state index in [1.165, 1.54) is 6.07 Å². The Balaban J connectivity index is 1.94. The number of hydrogen-bond donors (Lipinski definition) is 1. The first-order valence-electron chi connectivity index (χ1n) is 6.91. The highest BCUT2D eigenvalue weighted by Gasteiger charge is 2.22. The highest BCUT2D eigenvalue weighted by Crippen LogP contribution is 2.35. The number of nitrogens with zero attached hydrogens (tertiary/aromatic N) is 1. The third kappa shape index (κ3) is 2.87. The van der Waals surface area contributed by atoms with Crippen molar-refractivity contribution >= 4 is 11.6 Å². The highest BCUT2D eigenvalue weighted by molar-refractivity contribution is 6.30. The van der Waals surface area contributed by atoms with Crippen molar-refractivity contribution in [2.45, 2.75) is 18.9 Å². The summed E-state index contributed by atoms with van der Waals surface area (Å²) in [6.07, 6.45) is 3.04. The predicted octanol–water partition coefficient (Wildman–Crippen LogP) is 3.31. The number of likely N-dealkylation sites (N-methyl/N-ethyl adjacent to an activating group) is 1. The standard InChI is InChI=1S/C16H16ClFN2O/c1-19-14(15-13(18)3-2-5-20-15)9-11-8-12(17)7-10-4-6-21-16(10)11/h2-3,5,7-8,14,19H,4,6,9H2,1H3. The Bertz CT molecular complexity index is 663. The quantitative estimate of drug-likeness (QED) is 0.941. The van der Waals surface area contributed by atoms with Gasteiger partial charge in [-0.1, -0.05) is 11.6 Å². The maximum atomic E-state index is 13.9. The van der Waals surface area contributed by atoms with Gasteiger partial charge in [0.05, 0.1) is 18.3 Å². The van der Waals surface area contributed by atoms with Crippen LogP contribution in [0.3, 0.4) is 0 Å². The van der Waals surface area contributed by atoms with E-state index >= 15 is 0 Å². The van der Waals surface area contributed by atoms with E-state index in [2.05, 4.69) is 10.3 Å². The summed E-state index contributed by atoms with van der Waals surface area (Å²) < 4.78 is 19.6. The van der Waals surface area contributed by atoms with Gasteiger partial charge in [-0.15, -0.1) is 0 Å². The van der Waals surface area contributed by atoms with E-state index in [1.807, 2.05) is 12.1 Å². The minimum absolute atomic E-state index is 0.224. The van der Waals surface area contributed by atoms with E-state index in [9.17, 15) is 4.39 Å². The Morgan fingerprint density at radius 2 is 2.33 bits per heavy atom.